The number of cyclic esters (lactones) is 2. The summed E-state index contributed by atoms with van der Waals surface area (Å²) in [7, 11) is 0. The standard InChI is InChI=1S/C26H30N2O7/c29-23-11-12-24(30)35-22(18-20-9-5-2-6-10-20)26(32)28-14-16-33-15-13-27-25(31)21(34-23)17-19-7-3-1-4-8-19/h1-10,21-22H,11-18H2,(H,27,31)(H,28,32). The number of esters is 2. The Morgan fingerprint density at radius 3 is 1.43 bits per heavy atom. The Balaban J connectivity index is 1.67. The van der Waals surface area contributed by atoms with Crippen molar-refractivity contribution in [3.05, 3.63) is 71.8 Å². The molecule has 0 aliphatic carbocycles. The average Bonchev–Trinajstić information content (AvgIpc) is 2.86. The Hall–Kier alpha value is -3.72. The van der Waals surface area contributed by atoms with Crippen LogP contribution in [-0.2, 0) is 46.2 Å². The van der Waals surface area contributed by atoms with Gasteiger partial charge in [-0.3, -0.25) is 19.2 Å². The molecule has 0 bridgehead atoms. The molecule has 9 heteroatoms. The molecule has 186 valence electrons. The van der Waals surface area contributed by atoms with Crippen molar-refractivity contribution in [2.45, 2.75) is 37.9 Å². The van der Waals surface area contributed by atoms with Crippen LogP contribution < -0.4 is 10.6 Å². The highest BCUT2D eigenvalue weighted by atomic mass is 16.6. The monoisotopic (exact) mass is 482 g/mol. The Labute approximate surface area is 204 Å². The van der Waals surface area contributed by atoms with Crippen molar-refractivity contribution < 1.29 is 33.4 Å². The zero-order valence-electron chi connectivity index (χ0n) is 19.4. The molecule has 1 heterocycles. The Bertz CT molecular complexity index is 902. The fraction of sp³-hybridized carbons (Fsp3) is 0.385. The number of carbonyl (C=O) groups excluding carboxylic acids is 4. The molecular weight excluding hydrogens is 452 g/mol. The van der Waals surface area contributed by atoms with Crippen LogP contribution in [0.2, 0.25) is 0 Å². The lowest BCUT2D eigenvalue weighted by atomic mass is 10.1. The molecule has 1 fully saturated rings. The molecule has 2 unspecified atom stereocenters. The van der Waals surface area contributed by atoms with Crippen LogP contribution in [0, 0.1) is 0 Å². The highest BCUT2D eigenvalue weighted by molar-refractivity contribution is 5.86. The fourth-order valence-electron chi connectivity index (χ4n) is 3.49. The van der Waals surface area contributed by atoms with Gasteiger partial charge in [-0.05, 0) is 11.1 Å². The predicted octanol–water partition coefficient (Wildman–Crippen LogP) is 1.34. The third kappa shape index (κ3) is 9.21. The van der Waals surface area contributed by atoms with Gasteiger partial charge < -0.3 is 24.8 Å². The number of benzene rings is 2. The summed E-state index contributed by atoms with van der Waals surface area (Å²) >= 11 is 0. The molecule has 1 aliphatic rings. The molecule has 2 aromatic carbocycles. The van der Waals surface area contributed by atoms with Crippen LogP contribution in [0.4, 0.5) is 0 Å². The van der Waals surface area contributed by atoms with Crippen molar-refractivity contribution in [3.8, 4) is 0 Å². The van der Waals surface area contributed by atoms with Gasteiger partial charge in [-0.15, -0.1) is 0 Å². The van der Waals surface area contributed by atoms with Gasteiger partial charge in [-0.25, -0.2) is 0 Å². The van der Waals surface area contributed by atoms with E-state index in [1.807, 2.05) is 60.7 Å². The van der Waals surface area contributed by atoms with Crippen LogP contribution in [0.1, 0.15) is 24.0 Å². The van der Waals surface area contributed by atoms with E-state index in [-0.39, 0.29) is 52.0 Å². The smallest absolute Gasteiger partial charge is 0.307 e. The highest BCUT2D eigenvalue weighted by Crippen LogP contribution is 2.11. The number of carbonyl (C=O) groups is 4. The van der Waals surface area contributed by atoms with Gasteiger partial charge in [0, 0.05) is 25.9 Å². The maximum atomic E-state index is 12.6. The minimum atomic E-state index is -1.05. The number of amides is 2. The van der Waals surface area contributed by atoms with E-state index in [1.165, 1.54) is 0 Å². The molecule has 9 nitrogen and oxygen atoms in total. The van der Waals surface area contributed by atoms with Gasteiger partial charge in [0.1, 0.15) is 0 Å². The van der Waals surface area contributed by atoms with E-state index in [0.717, 1.165) is 11.1 Å². The van der Waals surface area contributed by atoms with Crippen LogP contribution in [0.25, 0.3) is 0 Å². The second kappa shape index (κ2) is 13.9. The van der Waals surface area contributed by atoms with Gasteiger partial charge >= 0.3 is 11.9 Å². The molecule has 0 spiro atoms. The Morgan fingerprint density at radius 2 is 1.03 bits per heavy atom. The maximum Gasteiger partial charge on any atom is 0.307 e. The molecule has 2 aromatic rings. The van der Waals surface area contributed by atoms with Crippen LogP contribution in [0.3, 0.4) is 0 Å². The first-order chi connectivity index (χ1) is 17.0. The van der Waals surface area contributed by atoms with E-state index in [4.69, 9.17) is 14.2 Å². The van der Waals surface area contributed by atoms with Gasteiger partial charge in [0.05, 0.1) is 26.1 Å². The topological polar surface area (TPSA) is 120 Å². The van der Waals surface area contributed by atoms with Crippen molar-refractivity contribution in [2.24, 2.45) is 0 Å². The molecule has 1 saturated heterocycles. The molecular formula is C26H30N2O7. The van der Waals surface area contributed by atoms with E-state index in [2.05, 4.69) is 10.6 Å². The lowest BCUT2D eigenvalue weighted by Crippen LogP contribution is -2.41. The molecule has 35 heavy (non-hydrogen) atoms. The predicted molar refractivity (Wildman–Crippen MR) is 126 cm³/mol. The number of rotatable bonds is 4. The van der Waals surface area contributed by atoms with Crippen LogP contribution in [0.5, 0.6) is 0 Å². The highest BCUT2D eigenvalue weighted by Gasteiger charge is 2.26. The molecule has 2 N–H and O–H groups in total. The second-order valence-electron chi connectivity index (χ2n) is 8.03. The molecule has 2 atom stereocenters. The average molecular weight is 483 g/mol. The lowest BCUT2D eigenvalue weighted by molar-refractivity contribution is -0.160. The van der Waals surface area contributed by atoms with E-state index < -0.39 is 36.0 Å². The second-order valence-corrected chi connectivity index (χ2v) is 8.03. The minimum absolute atomic E-state index is 0.196. The summed E-state index contributed by atoms with van der Waals surface area (Å²) in [5, 5.41) is 5.40. The third-order valence-corrected chi connectivity index (χ3v) is 5.28. The zero-order chi connectivity index (χ0) is 24.9. The van der Waals surface area contributed by atoms with Crippen LogP contribution >= 0.6 is 0 Å². The van der Waals surface area contributed by atoms with Crippen LogP contribution in [0.15, 0.2) is 60.7 Å². The van der Waals surface area contributed by atoms with Gasteiger partial charge in [-0.1, -0.05) is 60.7 Å². The van der Waals surface area contributed by atoms with Gasteiger partial charge in [0.25, 0.3) is 11.8 Å². The Kier molecular flexibility index (Phi) is 10.3. The molecule has 3 rings (SSSR count). The number of hydrogen-bond donors (Lipinski definition) is 2. The van der Waals surface area contributed by atoms with Crippen molar-refractivity contribution in [3.63, 3.8) is 0 Å². The van der Waals surface area contributed by atoms with Crippen molar-refractivity contribution in [1.82, 2.24) is 10.6 Å². The lowest BCUT2D eigenvalue weighted by Gasteiger charge is -2.18. The van der Waals surface area contributed by atoms with Crippen LogP contribution in [-0.4, -0.2) is 62.3 Å². The number of hydrogen-bond acceptors (Lipinski definition) is 7. The molecule has 0 radical (unpaired) electrons. The van der Waals surface area contributed by atoms with Gasteiger partial charge in [-0.2, -0.15) is 0 Å². The summed E-state index contributed by atoms with van der Waals surface area (Å²) in [5.74, 6) is -2.31. The maximum absolute atomic E-state index is 12.6. The molecule has 2 amide bonds. The van der Waals surface area contributed by atoms with E-state index in [9.17, 15) is 19.2 Å². The first-order valence-corrected chi connectivity index (χ1v) is 11.6. The summed E-state index contributed by atoms with van der Waals surface area (Å²) in [4.78, 5) is 50.2. The summed E-state index contributed by atoms with van der Waals surface area (Å²) in [6.07, 6.45) is -2.26. The zero-order valence-corrected chi connectivity index (χ0v) is 19.4. The fourth-order valence-corrected chi connectivity index (χ4v) is 3.49. The minimum Gasteiger partial charge on any atom is -0.452 e. The normalized spacial score (nSPS) is 21.1. The summed E-state index contributed by atoms with van der Waals surface area (Å²) in [6.45, 7) is 0.869. The molecule has 0 saturated carbocycles. The molecule has 0 aromatic heterocycles. The first kappa shape index (κ1) is 25.9. The third-order valence-electron chi connectivity index (χ3n) is 5.28. The van der Waals surface area contributed by atoms with E-state index >= 15 is 0 Å². The van der Waals surface area contributed by atoms with Crippen molar-refractivity contribution >= 4 is 23.8 Å². The van der Waals surface area contributed by atoms with E-state index in [0.29, 0.717) is 0 Å². The Morgan fingerprint density at radius 1 is 0.629 bits per heavy atom. The first-order valence-electron chi connectivity index (χ1n) is 11.6. The summed E-state index contributed by atoms with van der Waals surface area (Å²) in [6, 6.07) is 18.4. The summed E-state index contributed by atoms with van der Waals surface area (Å²) in [5.41, 5.74) is 1.66. The summed E-state index contributed by atoms with van der Waals surface area (Å²) < 4.78 is 16.3. The largest absolute Gasteiger partial charge is 0.452 e. The molecule has 1 aliphatic heterocycles. The van der Waals surface area contributed by atoms with Gasteiger partial charge in [0.2, 0.25) is 0 Å². The number of nitrogens with one attached hydrogen (secondary N) is 2. The van der Waals surface area contributed by atoms with E-state index in [1.54, 1.807) is 0 Å². The quantitative estimate of drug-likeness (QED) is 0.631. The number of ether oxygens (including phenoxy) is 3. The van der Waals surface area contributed by atoms with Crippen molar-refractivity contribution in [1.29, 1.82) is 0 Å². The van der Waals surface area contributed by atoms with Crippen molar-refractivity contribution in [2.75, 3.05) is 26.3 Å². The van der Waals surface area contributed by atoms with Gasteiger partial charge in [0.15, 0.2) is 12.2 Å². The SMILES string of the molecule is O=C1CCC(=O)OC(Cc2ccccc2)C(=O)NCCOCCNC(=O)C(Cc2ccccc2)O1.